The Labute approximate surface area is 191 Å². The Morgan fingerprint density at radius 1 is 1.06 bits per heavy atom. The van der Waals surface area contributed by atoms with Gasteiger partial charge in [-0.1, -0.05) is 12.1 Å². The minimum Gasteiger partial charge on any atom is -0.342 e. The molecule has 4 rings (SSSR count). The number of carbonyl (C=O) groups excluding carboxylic acids is 2. The summed E-state index contributed by atoms with van der Waals surface area (Å²) in [5, 5.41) is 3.70. The molecule has 0 radical (unpaired) electrons. The van der Waals surface area contributed by atoms with E-state index < -0.39 is 10.0 Å². The van der Waals surface area contributed by atoms with Gasteiger partial charge in [0, 0.05) is 30.5 Å². The Hall–Kier alpha value is -2.91. The average Bonchev–Trinajstić information content (AvgIpc) is 3.43. The first kappa shape index (κ1) is 22.3. The van der Waals surface area contributed by atoms with Gasteiger partial charge in [0.2, 0.25) is 15.9 Å². The first-order valence-corrected chi connectivity index (χ1v) is 13.0. The van der Waals surface area contributed by atoms with Gasteiger partial charge in [-0.15, -0.1) is 11.3 Å². The lowest BCUT2D eigenvalue weighted by molar-refractivity contribution is -0.129. The Kier molecular flexibility index (Phi) is 6.21. The zero-order valence-electron chi connectivity index (χ0n) is 18.0. The molecule has 0 bridgehead atoms. The van der Waals surface area contributed by atoms with Gasteiger partial charge in [-0.3, -0.25) is 13.9 Å². The summed E-state index contributed by atoms with van der Waals surface area (Å²) in [6.07, 6.45) is 3.67. The second-order valence-electron chi connectivity index (χ2n) is 7.98. The van der Waals surface area contributed by atoms with Crippen molar-refractivity contribution in [2.24, 2.45) is 0 Å². The molecule has 1 aliphatic heterocycles. The molecule has 2 aromatic carbocycles. The van der Waals surface area contributed by atoms with E-state index in [-0.39, 0.29) is 11.8 Å². The number of amides is 2. The van der Waals surface area contributed by atoms with E-state index in [1.165, 1.54) is 22.7 Å². The predicted molar refractivity (Wildman–Crippen MR) is 129 cm³/mol. The molecule has 2 heterocycles. The third kappa shape index (κ3) is 4.94. The van der Waals surface area contributed by atoms with E-state index >= 15 is 0 Å². The summed E-state index contributed by atoms with van der Waals surface area (Å²) in [4.78, 5) is 27.5. The summed E-state index contributed by atoms with van der Waals surface area (Å²) in [7, 11) is -1.86. The molecular weight excluding hydrogens is 446 g/mol. The van der Waals surface area contributed by atoms with Crippen molar-refractivity contribution < 1.29 is 18.0 Å². The molecule has 168 valence electrons. The fraction of sp³-hybridized carbons (Fsp3) is 0.304. The van der Waals surface area contributed by atoms with Gasteiger partial charge in [-0.05, 0) is 60.2 Å². The van der Waals surface area contributed by atoms with Crippen molar-refractivity contribution in [1.29, 1.82) is 0 Å². The third-order valence-electron chi connectivity index (χ3n) is 5.61. The molecule has 0 saturated carbocycles. The number of hydrogen-bond acceptors (Lipinski definition) is 5. The number of carbonyl (C=O) groups is 2. The first-order chi connectivity index (χ1) is 15.2. The molecule has 0 aliphatic carbocycles. The summed E-state index contributed by atoms with van der Waals surface area (Å²) >= 11 is 1.35. The van der Waals surface area contributed by atoms with Crippen LogP contribution in [0, 0.1) is 0 Å². The molecule has 0 spiro atoms. The number of benzene rings is 2. The minimum absolute atomic E-state index is 0.144. The fourth-order valence-corrected chi connectivity index (χ4v) is 5.12. The molecule has 0 atom stereocenters. The van der Waals surface area contributed by atoms with E-state index in [0.717, 1.165) is 47.8 Å². The molecule has 9 heteroatoms. The summed E-state index contributed by atoms with van der Waals surface area (Å²) in [5.41, 5.74) is 2.12. The maximum atomic E-state index is 12.7. The molecule has 7 nitrogen and oxygen atoms in total. The van der Waals surface area contributed by atoms with Crippen molar-refractivity contribution in [3.8, 4) is 0 Å². The van der Waals surface area contributed by atoms with Gasteiger partial charge in [-0.2, -0.15) is 0 Å². The Bertz CT molecular complexity index is 1260. The van der Waals surface area contributed by atoms with Gasteiger partial charge in [0.25, 0.3) is 5.91 Å². The summed E-state index contributed by atoms with van der Waals surface area (Å²) in [6.45, 7) is 1.68. The van der Waals surface area contributed by atoms with Crippen LogP contribution in [-0.4, -0.2) is 51.5 Å². The van der Waals surface area contributed by atoms with Crippen LogP contribution in [0.4, 0.5) is 11.4 Å². The highest BCUT2D eigenvalue weighted by Gasteiger charge is 2.18. The number of thiophene rings is 1. The highest BCUT2D eigenvalue weighted by atomic mass is 32.2. The van der Waals surface area contributed by atoms with Crippen LogP contribution < -0.4 is 9.62 Å². The fourth-order valence-electron chi connectivity index (χ4n) is 3.68. The summed E-state index contributed by atoms with van der Waals surface area (Å²) < 4.78 is 25.7. The number of fused-ring (bicyclic) bond motifs is 1. The number of anilines is 2. The second kappa shape index (κ2) is 8.91. The smallest absolute Gasteiger partial charge is 0.265 e. The van der Waals surface area contributed by atoms with E-state index in [1.807, 2.05) is 23.1 Å². The number of nitrogens with zero attached hydrogens (tertiary/aromatic N) is 2. The molecule has 1 N–H and O–H groups in total. The van der Waals surface area contributed by atoms with Crippen LogP contribution in [0.15, 0.2) is 48.5 Å². The molecule has 2 amide bonds. The van der Waals surface area contributed by atoms with E-state index in [1.54, 1.807) is 30.3 Å². The average molecular weight is 472 g/mol. The Morgan fingerprint density at radius 3 is 2.41 bits per heavy atom. The second-order valence-corrected chi connectivity index (χ2v) is 11.1. The van der Waals surface area contributed by atoms with Crippen LogP contribution in [0.5, 0.6) is 0 Å². The maximum Gasteiger partial charge on any atom is 0.265 e. The highest BCUT2D eigenvalue weighted by molar-refractivity contribution is 7.92. The van der Waals surface area contributed by atoms with Gasteiger partial charge in [0.1, 0.15) is 0 Å². The van der Waals surface area contributed by atoms with Crippen LogP contribution in [0.1, 0.15) is 28.1 Å². The Balaban J connectivity index is 1.43. The monoisotopic (exact) mass is 471 g/mol. The van der Waals surface area contributed by atoms with Crippen LogP contribution >= 0.6 is 11.3 Å². The van der Waals surface area contributed by atoms with Crippen LogP contribution in [0.3, 0.4) is 0 Å². The Morgan fingerprint density at radius 2 is 1.75 bits per heavy atom. The first-order valence-electron chi connectivity index (χ1n) is 10.4. The van der Waals surface area contributed by atoms with Gasteiger partial charge in [0.15, 0.2) is 0 Å². The van der Waals surface area contributed by atoms with E-state index in [0.29, 0.717) is 22.7 Å². The standard InChI is InChI=1S/C23H25N3O4S2/c1-25(32(2,29)30)19-9-10-20-17(14-19)15-21(31-20)23(28)24-18-7-5-16(6-8-18)13-22(27)26-11-3-4-12-26/h5-10,14-15H,3-4,11-13H2,1-2H3,(H,24,28). The largest absolute Gasteiger partial charge is 0.342 e. The molecule has 3 aromatic rings. The quantitative estimate of drug-likeness (QED) is 0.594. The number of hydrogen-bond donors (Lipinski definition) is 1. The predicted octanol–water partition coefficient (Wildman–Crippen LogP) is 3.71. The van der Waals surface area contributed by atoms with Crippen molar-refractivity contribution in [1.82, 2.24) is 4.90 Å². The number of rotatable bonds is 6. The molecular formula is C23H25N3O4S2. The lowest BCUT2D eigenvalue weighted by Gasteiger charge is -2.16. The van der Waals surface area contributed by atoms with Gasteiger partial charge in [0.05, 0.1) is 23.2 Å². The molecule has 1 aliphatic rings. The van der Waals surface area contributed by atoms with Crippen LogP contribution in [-0.2, 0) is 21.2 Å². The molecule has 1 fully saturated rings. The number of sulfonamides is 1. The van der Waals surface area contributed by atoms with Crippen molar-refractivity contribution in [3.63, 3.8) is 0 Å². The van der Waals surface area contributed by atoms with Crippen molar-refractivity contribution >= 4 is 54.6 Å². The van der Waals surface area contributed by atoms with Crippen LogP contribution in [0.25, 0.3) is 10.1 Å². The van der Waals surface area contributed by atoms with Crippen LogP contribution in [0.2, 0.25) is 0 Å². The minimum atomic E-state index is -3.36. The lowest BCUT2D eigenvalue weighted by Crippen LogP contribution is -2.29. The van der Waals surface area contributed by atoms with E-state index in [4.69, 9.17) is 0 Å². The van der Waals surface area contributed by atoms with Crippen molar-refractivity contribution in [3.05, 3.63) is 59.0 Å². The van der Waals surface area contributed by atoms with E-state index in [2.05, 4.69) is 5.32 Å². The number of likely N-dealkylation sites (tertiary alicyclic amines) is 1. The molecule has 0 unspecified atom stereocenters. The molecule has 32 heavy (non-hydrogen) atoms. The normalized spacial score (nSPS) is 14.0. The lowest BCUT2D eigenvalue weighted by atomic mass is 10.1. The SMILES string of the molecule is CN(c1ccc2sc(C(=O)Nc3ccc(CC(=O)N4CCCC4)cc3)cc2c1)S(C)(=O)=O. The zero-order valence-corrected chi connectivity index (χ0v) is 19.6. The molecule has 1 aromatic heterocycles. The topological polar surface area (TPSA) is 86.8 Å². The summed E-state index contributed by atoms with van der Waals surface area (Å²) in [6, 6.07) is 14.4. The maximum absolute atomic E-state index is 12.7. The molecule has 1 saturated heterocycles. The van der Waals surface area contributed by atoms with Crippen molar-refractivity contribution in [2.45, 2.75) is 19.3 Å². The summed E-state index contributed by atoms with van der Waals surface area (Å²) in [5.74, 6) is -0.0874. The number of nitrogens with one attached hydrogen (secondary N) is 1. The van der Waals surface area contributed by atoms with Gasteiger partial charge in [-0.25, -0.2) is 8.42 Å². The van der Waals surface area contributed by atoms with Crippen molar-refractivity contribution in [2.75, 3.05) is 36.0 Å². The zero-order chi connectivity index (χ0) is 22.9. The highest BCUT2D eigenvalue weighted by Crippen LogP contribution is 2.30. The van der Waals surface area contributed by atoms with E-state index in [9.17, 15) is 18.0 Å². The third-order valence-corrected chi connectivity index (χ3v) is 7.93. The van der Waals surface area contributed by atoms with Gasteiger partial charge >= 0.3 is 0 Å². The van der Waals surface area contributed by atoms with Gasteiger partial charge < -0.3 is 10.2 Å².